The van der Waals surface area contributed by atoms with Crippen LogP contribution < -0.4 is 10.6 Å². The first kappa shape index (κ1) is 15.7. The van der Waals surface area contributed by atoms with Gasteiger partial charge in [-0.1, -0.05) is 20.8 Å². The molecule has 0 aromatic carbocycles. The molecule has 0 saturated carbocycles. The van der Waals surface area contributed by atoms with Crippen molar-refractivity contribution < 1.29 is 0 Å². The molecule has 0 radical (unpaired) electrons. The third-order valence-electron chi connectivity index (χ3n) is 3.17. The van der Waals surface area contributed by atoms with Gasteiger partial charge in [0.2, 0.25) is 0 Å². The lowest BCUT2D eigenvalue weighted by Crippen LogP contribution is -2.25. The van der Waals surface area contributed by atoms with Gasteiger partial charge in [-0.15, -0.1) is 0 Å². The van der Waals surface area contributed by atoms with E-state index < -0.39 is 0 Å². The third-order valence-corrected chi connectivity index (χ3v) is 3.17. The first-order valence-electron chi connectivity index (χ1n) is 7.23. The highest BCUT2D eigenvalue weighted by atomic mass is 15.1. The molecule has 1 rings (SSSR count). The zero-order chi connectivity index (χ0) is 14.1. The summed E-state index contributed by atoms with van der Waals surface area (Å²) in [6.07, 6.45) is 3.65. The molecule has 0 aliphatic rings. The van der Waals surface area contributed by atoms with Crippen LogP contribution in [-0.4, -0.2) is 48.1 Å². The molecule has 0 bridgehead atoms. The van der Waals surface area contributed by atoms with Gasteiger partial charge in [-0.3, -0.25) is 0 Å². The molecule has 108 valence electrons. The number of nitrogens with zero attached hydrogens (tertiary/aromatic N) is 3. The molecule has 0 unspecified atom stereocenters. The monoisotopic (exact) mass is 265 g/mol. The molecule has 0 spiro atoms. The highest BCUT2D eigenvalue weighted by Gasteiger charge is 2.08. The van der Waals surface area contributed by atoms with E-state index in [1.54, 1.807) is 6.33 Å². The number of rotatable bonds is 9. The van der Waals surface area contributed by atoms with E-state index in [1.807, 2.05) is 0 Å². The highest BCUT2D eigenvalue weighted by Crippen LogP contribution is 2.20. The van der Waals surface area contributed by atoms with E-state index in [1.165, 1.54) is 5.56 Å². The Kier molecular flexibility index (Phi) is 7.18. The van der Waals surface area contributed by atoms with Crippen LogP contribution in [0.3, 0.4) is 0 Å². The van der Waals surface area contributed by atoms with Gasteiger partial charge in [0.05, 0.1) is 0 Å². The summed E-state index contributed by atoms with van der Waals surface area (Å²) in [5.74, 6) is 1.92. The Morgan fingerprint density at radius 1 is 1.05 bits per heavy atom. The van der Waals surface area contributed by atoms with Gasteiger partial charge in [0.25, 0.3) is 0 Å². The summed E-state index contributed by atoms with van der Waals surface area (Å²) in [7, 11) is 2.12. The normalized spacial score (nSPS) is 10.8. The maximum atomic E-state index is 4.36. The quantitative estimate of drug-likeness (QED) is 0.717. The van der Waals surface area contributed by atoms with Crippen molar-refractivity contribution in [2.45, 2.75) is 33.6 Å². The van der Waals surface area contributed by atoms with Crippen LogP contribution in [0.25, 0.3) is 0 Å². The van der Waals surface area contributed by atoms with Crippen molar-refractivity contribution in [3.63, 3.8) is 0 Å². The number of hydrogen-bond donors (Lipinski definition) is 2. The van der Waals surface area contributed by atoms with Crippen LogP contribution in [0.5, 0.6) is 0 Å². The van der Waals surface area contributed by atoms with Gasteiger partial charge in [0.1, 0.15) is 18.0 Å². The minimum Gasteiger partial charge on any atom is -0.370 e. The number of likely N-dealkylation sites (N-methyl/N-ethyl adjacent to an activating group) is 1. The first-order chi connectivity index (χ1) is 9.22. The summed E-state index contributed by atoms with van der Waals surface area (Å²) >= 11 is 0. The Labute approximate surface area is 116 Å². The smallest absolute Gasteiger partial charge is 0.134 e. The van der Waals surface area contributed by atoms with E-state index in [2.05, 4.69) is 53.3 Å². The maximum absolute atomic E-state index is 4.36. The Hall–Kier alpha value is -1.36. The second-order valence-electron chi connectivity index (χ2n) is 4.65. The van der Waals surface area contributed by atoms with E-state index >= 15 is 0 Å². The molecule has 0 aliphatic heterocycles. The lowest BCUT2D eigenvalue weighted by atomic mass is 10.2. The number of aromatic nitrogens is 2. The maximum Gasteiger partial charge on any atom is 0.134 e. The summed E-state index contributed by atoms with van der Waals surface area (Å²) in [6, 6.07) is 0. The van der Waals surface area contributed by atoms with Crippen LogP contribution in [0.4, 0.5) is 11.6 Å². The number of nitrogens with one attached hydrogen (secondary N) is 2. The summed E-state index contributed by atoms with van der Waals surface area (Å²) in [4.78, 5) is 11.0. The number of anilines is 2. The fourth-order valence-corrected chi connectivity index (χ4v) is 1.82. The average molecular weight is 265 g/mol. The average Bonchev–Trinajstić information content (AvgIpc) is 2.44. The molecule has 1 heterocycles. The fourth-order valence-electron chi connectivity index (χ4n) is 1.82. The molecule has 0 atom stereocenters. The molecular formula is C14H27N5. The highest BCUT2D eigenvalue weighted by molar-refractivity contribution is 5.57. The minimum atomic E-state index is 0.904. The SMILES string of the molecule is CCCNc1ncnc(NCCN(C)CC)c1CC. The van der Waals surface area contributed by atoms with E-state index in [4.69, 9.17) is 0 Å². The Bertz CT molecular complexity index is 367. The standard InChI is InChI=1S/C14H27N5/c1-5-8-15-13-12(6-2)14(18-11-17-13)16-9-10-19(4)7-3/h11H,5-10H2,1-4H3,(H2,15,16,17,18). The second-order valence-corrected chi connectivity index (χ2v) is 4.65. The Balaban J connectivity index is 2.66. The van der Waals surface area contributed by atoms with Gasteiger partial charge in [0.15, 0.2) is 0 Å². The summed E-state index contributed by atoms with van der Waals surface area (Å²) in [5.41, 5.74) is 1.18. The van der Waals surface area contributed by atoms with Crippen molar-refractivity contribution in [2.75, 3.05) is 43.9 Å². The van der Waals surface area contributed by atoms with Crippen LogP contribution in [0.15, 0.2) is 6.33 Å². The second kappa shape index (κ2) is 8.69. The Morgan fingerprint density at radius 3 is 2.21 bits per heavy atom. The van der Waals surface area contributed by atoms with Crippen LogP contribution in [0, 0.1) is 0 Å². The van der Waals surface area contributed by atoms with Crippen LogP contribution in [-0.2, 0) is 6.42 Å². The third kappa shape index (κ3) is 5.03. The number of hydrogen-bond acceptors (Lipinski definition) is 5. The molecular weight excluding hydrogens is 238 g/mol. The topological polar surface area (TPSA) is 53.1 Å². The van der Waals surface area contributed by atoms with Crippen molar-refractivity contribution in [3.05, 3.63) is 11.9 Å². The molecule has 2 N–H and O–H groups in total. The van der Waals surface area contributed by atoms with Crippen molar-refractivity contribution in [3.8, 4) is 0 Å². The van der Waals surface area contributed by atoms with E-state index in [0.29, 0.717) is 0 Å². The zero-order valence-corrected chi connectivity index (χ0v) is 12.7. The van der Waals surface area contributed by atoms with Crippen molar-refractivity contribution >= 4 is 11.6 Å². The summed E-state index contributed by atoms with van der Waals surface area (Å²) in [6.45, 7) is 10.4. The fraction of sp³-hybridized carbons (Fsp3) is 0.714. The van der Waals surface area contributed by atoms with Gasteiger partial charge in [-0.25, -0.2) is 9.97 Å². The molecule has 0 amide bonds. The molecule has 5 nitrogen and oxygen atoms in total. The largest absolute Gasteiger partial charge is 0.370 e. The summed E-state index contributed by atoms with van der Waals surface area (Å²) in [5, 5.41) is 6.78. The predicted octanol–water partition coefficient (Wildman–Crippen LogP) is 2.22. The minimum absolute atomic E-state index is 0.904. The first-order valence-corrected chi connectivity index (χ1v) is 7.23. The lowest BCUT2D eigenvalue weighted by Gasteiger charge is -2.17. The van der Waals surface area contributed by atoms with Crippen molar-refractivity contribution in [2.24, 2.45) is 0 Å². The molecule has 0 fully saturated rings. The molecule has 5 heteroatoms. The Morgan fingerprint density at radius 2 is 1.68 bits per heavy atom. The van der Waals surface area contributed by atoms with Gasteiger partial charge < -0.3 is 15.5 Å². The van der Waals surface area contributed by atoms with E-state index in [0.717, 1.165) is 50.7 Å². The van der Waals surface area contributed by atoms with Gasteiger partial charge in [-0.2, -0.15) is 0 Å². The predicted molar refractivity (Wildman–Crippen MR) is 81.9 cm³/mol. The molecule has 0 aliphatic carbocycles. The molecule has 1 aromatic heterocycles. The van der Waals surface area contributed by atoms with Crippen LogP contribution >= 0.6 is 0 Å². The van der Waals surface area contributed by atoms with E-state index in [-0.39, 0.29) is 0 Å². The van der Waals surface area contributed by atoms with Gasteiger partial charge >= 0.3 is 0 Å². The van der Waals surface area contributed by atoms with Crippen molar-refractivity contribution in [1.82, 2.24) is 14.9 Å². The molecule has 0 saturated heterocycles. The van der Waals surface area contributed by atoms with Gasteiger partial charge in [0, 0.05) is 25.2 Å². The van der Waals surface area contributed by atoms with E-state index in [9.17, 15) is 0 Å². The lowest BCUT2D eigenvalue weighted by molar-refractivity contribution is 0.367. The van der Waals surface area contributed by atoms with Gasteiger partial charge in [-0.05, 0) is 26.4 Å². The summed E-state index contributed by atoms with van der Waals surface area (Å²) < 4.78 is 0. The van der Waals surface area contributed by atoms with Crippen molar-refractivity contribution in [1.29, 1.82) is 0 Å². The zero-order valence-electron chi connectivity index (χ0n) is 12.7. The molecule has 1 aromatic rings. The van der Waals surface area contributed by atoms with Crippen LogP contribution in [0.2, 0.25) is 0 Å². The van der Waals surface area contributed by atoms with Crippen LogP contribution in [0.1, 0.15) is 32.8 Å². The molecule has 19 heavy (non-hydrogen) atoms.